The molecule has 2 aromatic carbocycles. The van der Waals surface area contributed by atoms with E-state index in [9.17, 15) is 13.0 Å². The van der Waals surface area contributed by atoms with Gasteiger partial charge in [0, 0.05) is 5.39 Å². The molecule has 0 atom stereocenters. The molecule has 0 saturated carbocycles. The van der Waals surface area contributed by atoms with Crippen molar-refractivity contribution in [1.29, 1.82) is 0 Å². The van der Waals surface area contributed by atoms with Crippen molar-refractivity contribution in [3.8, 4) is 0 Å². The normalized spacial score (nSPS) is 12.9. The summed E-state index contributed by atoms with van der Waals surface area (Å²) in [4.78, 5) is 0.0831. The fraction of sp³-hybridized carbons (Fsp3) is 0.231. The maximum absolute atomic E-state index is 11.7. The van der Waals surface area contributed by atoms with Gasteiger partial charge in [-0.05, 0) is 10.6 Å². The van der Waals surface area contributed by atoms with Crippen molar-refractivity contribution in [1.82, 2.24) is 0 Å². The van der Waals surface area contributed by atoms with Gasteiger partial charge in [-0.1, -0.05) is 56.0 Å². The Labute approximate surface area is 108 Å². The molecule has 0 radical (unpaired) electrons. The van der Waals surface area contributed by atoms with Gasteiger partial charge in [-0.15, -0.1) is 0 Å². The summed E-state index contributed by atoms with van der Waals surface area (Å²) in [6.07, 6.45) is 0. The van der Waals surface area contributed by atoms with Gasteiger partial charge in [-0.2, -0.15) is 8.42 Å². The summed E-state index contributed by atoms with van der Waals surface area (Å²) in [5.74, 6) is 0. The van der Waals surface area contributed by atoms with Gasteiger partial charge in [0.25, 0.3) is 10.1 Å². The molecule has 0 aliphatic heterocycles. The van der Waals surface area contributed by atoms with Crippen LogP contribution in [0, 0.1) is 0 Å². The van der Waals surface area contributed by atoms with E-state index in [4.69, 9.17) is 0 Å². The topological polar surface area (TPSA) is 54.4 Å². The SMILES string of the molecule is C[Si](C)(C)c1ccc2ccccc2c1S(=O)(=O)O. The van der Waals surface area contributed by atoms with Crippen LogP contribution in [0.2, 0.25) is 19.6 Å². The number of hydrogen-bond acceptors (Lipinski definition) is 2. The van der Waals surface area contributed by atoms with Gasteiger partial charge in [0.05, 0.1) is 8.07 Å². The van der Waals surface area contributed by atoms with Crippen molar-refractivity contribution >= 4 is 34.2 Å². The second-order valence-corrected chi connectivity index (χ2v) is 11.8. The summed E-state index contributed by atoms with van der Waals surface area (Å²) in [6.45, 7) is 6.18. The van der Waals surface area contributed by atoms with Crippen molar-refractivity contribution in [3.05, 3.63) is 36.4 Å². The quantitative estimate of drug-likeness (QED) is 0.679. The summed E-state index contributed by atoms with van der Waals surface area (Å²) >= 11 is 0. The third-order valence-corrected chi connectivity index (χ3v) is 6.12. The van der Waals surface area contributed by atoms with Crippen LogP contribution in [0.5, 0.6) is 0 Å². The lowest BCUT2D eigenvalue weighted by molar-refractivity contribution is 0.485. The van der Waals surface area contributed by atoms with Crippen LogP contribution in [-0.2, 0) is 10.1 Å². The molecule has 0 saturated heterocycles. The molecular weight excluding hydrogens is 264 g/mol. The predicted molar refractivity (Wildman–Crippen MR) is 76.7 cm³/mol. The van der Waals surface area contributed by atoms with Gasteiger partial charge in [-0.25, -0.2) is 0 Å². The number of hydrogen-bond donors (Lipinski definition) is 1. The van der Waals surface area contributed by atoms with Crippen LogP contribution in [0.15, 0.2) is 41.3 Å². The van der Waals surface area contributed by atoms with Crippen LogP contribution in [-0.4, -0.2) is 21.0 Å². The van der Waals surface area contributed by atoms with E-state index in [1.54, 1.807) is 12.1 Å². The minimum absolute atomic E-state index is 0.0831. The van der Waals surface area contributed by atoms with Gasteiger partial charge < -0.3 is 0 Å². The molecule has 96 valence electrons. The molecule has 1 N–H and O–H groups in total. The zero-order chi connectivity index (χ0) is 13.6. The summed E-state index contributed by atoms with van der Waals surface area (Å²) in [7, 11) is -6.05. The van der Waals surface area contributed by atoms with Crippen LogP contribution in [0.4, 0.5) is 0 Å². The standard InChI is InChI=1S/C13H16O3SSi/c1-18(2,3)12-9-8-10-6-4-5-7-11(10)13(12)17(14,15)16/h4-9H,1-3H3,(H,14,15,16). The highest BCUT2D eigenvalue weighted by atomic mass is 32.2. The Morgan fingerprint density at radius 2 is 1.61 bits per heavy atom. The minimum Gasteiger partial charge on any atom is -0.282 e. The van der Waals surface area contributed by atoms with Crippen LogP contribution in [0.25, 0.3) is 10.8 Å². The molecule has 0 unspecified atom stereocenters. The highest BCUT2D eigenvalue weighted by molar-refractivity contribution is 7.86. The van der Waals surface area contributed by atoms with Gasteiger partial charge >= 0.3 is 0 Å². The largest absolute Gasteiger partial charge is 0.295 e. The van der Waals surface area contributed by atoms with Crippen molar-refractivity contribution < 1.29 is 13.0 Å². The Kier molecular flexibility index (Phi) is 3.09. The molecule has 0 aromatic heterocycles. The van der Waals surface area contributed by atoms with E-state index in [0.29, 0.717) is 5.39 Å². The molecular formula is C13H16O3SSi. The Balaban J connectivity index is 2.98. The van der Waals surface area contributed by atoms with Crippen LogP contribution >= 0.6 is 0 Å². The van der Waals surface area contributed by atoms with Gasteiger partial charge in [0.1, 0.15) is 4.90 Å². The maximum Gasteiger partial charge on any atom is 0.295 e. The van der Waals surface area contributed by atoms with Crippen LogP contribution in [0.3, 0.4) is 0 Å². The van der Waals surface area contributed by atoms with E-state index in [1.807, 2.05) is 24.3 Å². The summed E-state index contributed by atoms with van der Waals surface area (Å²) < 4.78 is 32.9. The van der Waals surface area contributed by atoms with Crippen molar-refractivity contribution in [2.75, 3.05) is 0 Å². The number of benzene rings is 2. The summed E-state index contributed by atoms with van der Waals surface area (Å²) in [6, 6.07) is 11.0. The molecule has 0 aliphatic rings. The molecule has 0 fully saturated rings. The maximum atomic E-state index is 11.7. The zero-order valence-corrected chi connectivity index (χ0v) is 12.5. The molecule has 3 nitrogen and oxygen atoms in total. The van der Waals surface area contributed by atoms with Crippen LogP contribution < -0.4 is 5.19 Å². The third kappa shape index (κ3) is 2.34. The molecule has 0 bridgehead atoms. The summed E-state index contributed by atoms with van der Waals surface area (Å²) in [5, 5.41) is 2.19. The van der Waals surface area contributed by atoms with Crippen molar-refractivity contribution in [3.63, 3.8) is 0 Å². The van der Waals surface area contributed by atoms with Gasteiger partial charge in [0.2, 0.25) is 0 Å². The lowest BCUT2D eigenvalue weighted by atomic mass is 10.1. The fourth-order valence-electron chi connectivity index (χ4n) is 2.11. The van der Waals surface area contributed by atoms with Crippen LogP contribution in [0.1, 0.15) is 0 Å². The first-order valence-corrected chi connectivity index (χ1v) is 10.6. The average Bonchev–Trinajstić information content (AvgIpc) is 2.24. The van der Waals surface area contributed by atoms with Crippen molar-refractivity contribution in [2.45, 2.75) is 24.5 Å². The second kappa shape index (κ2) is 4.19. The van der Waals surface area contributed by atoms with E-state index in [2.05, 4.69) is 19.6 Å². The molecule has 0 spiro atoms. The lowest BCUT2D eigenvalue weighted by Gasteiger charge is -2.21. The first-order chi connectivity index (χ1) is 8.21. The average molecular weight is 280 g/mol. The Hall–Kier alpha value is -1.17. The number of fused-ring (bicyclic) bond motifs is 1. The molecule has 0 amide bonds. The highest BCUT2D eigenvalue weighted by Crippen LogP contribution is 2.23. The first kappa shape index (κ1) is 13.3. The molecule has 0 heterocycles. The first-order valence-electron chi connectivity index (χ1n) is 5.71. The Morgan fingerprint density at radius 3 is 2.17 bits per heavy atom. The molecule has 2 rings (SSSR count). The van der Waals surface area contributed by atoms with Gasteiger partial charge in [-0.3, -0.25) is 4.55 Å². The van der Waals surface area contributed by atoms with E-state index in [1.165, 1.54) is 0 Å². The van der Waals surface area contributed by atoms with E-state index >= 15 is 0 Å². The number of rotatable bonds is 2. The van der Waals surface area contributed by atoms with Gasteiger partial charge in [0.15, 0.2) is 0 Å². The smallest absolute Gasteiger partial charge is 0.282 e. The zero-order valence-electron chi connectivity index (χ0n) is 10.6. The van der Waals surface area contributed by atoms with E-state index < -0.39 is 18.2 Å². The lowest BCUT2D eigenvalue weighted by Crippen LogP contribution is -2.41. The summed E-state index contributed by atoms with van der Waals surface area (Å²) in [5.41, 5.74) is 0. The fourth-order valence-corrected chi connectivity index (χ4v) is 5.63. The third-order valence-electron chi connectivity index (χ3n) is 2.95. The molecule has 0 aliphatic carbocycles. The Bertz CT molecular complexity index is 700. The molecule has 18 heavy (non-hydrogen) atoms. The minimum atomic E-state index is -4.21. The monoisotopic (exact) mass is 280 g/mol. The predicted octanol–water partition coefficient (Wildman–Crippen LogP) is 2.63. The second-order valence-electron chi connectivity index (χ2n) is 5.39. The van der Waals surface area contributed by atoms with E-state index in [0.717, 1.165) is 10.6 Å². The highest BCUT2D eigenvalue weighted by Gasteiger charge is 2.27. The van der Waals surface area contributed by atoms with Crippen molar-refractivity contribution in [2.24, 2.45) is 0 Å². The molecule has 5 heteroatoms. The van der Waals surface area contributed by atoms with E-state index in [-0.39, 0.29) is 4.90 Å². The molecule has 2 aromatic rings. The Morgan fingerprint density at radius 1 is 1.00 bits per heavy atom.